The summed E-state index contributed by atoms with van der Waals surface area (Å²) in [4.78, 5) is 19.3. The van der Waals surface area contributed by atoms with Crippen LogP contribution in [0.1, 0.15) is 29.7 Å². The normalized spacial score (nSPS) is 11.0. The fraction of sp³-hybridized carbons (Fsp3) is 0.455. The Morgan fingerprint density at radius 1 is 1.35 bits per heavy atom. The lowest BCUT2D eigenvalue weighted by atomic mass is 10.1. The molecule has 0 atom stereocenters. The smallest absolute Gasteiger partial charge is 0.307 e. The molecule has 0 spiro atoms. The summed E-state index contributed by atoms with van der Waals surface area (Å²) in [6.45, 7) is 5.61. The lowest BCUT2D eigenvalue weighted by Gasteiger charge is -2.07. The van der Waals surface area contributed by atoms with Crippen molar-refractivity contribution in [2.75, 3.05) is 0 Å². The minimum absolute atomic E-state index is 0.0398. The average molecular weight is 234 g/mol. The van der Waals surface area contributed by atoms with Crippen LogP contribution in [-0.2, 0) is 17.6 Å². The highest BCUT2D eigenvalue weighted by molar-refractivity contribution is 5.71. The summed E-state index contributed by atoms with van der Waals surface area (Å²) in [5.41, 5.74) is 2.20. The lowest BCUT2D eigenvalue weighted by molar-refractivity contribution is -0.136. The number of carboxylic acids is 1. The van der Waals surface area contributed by atoms with E-state index in [0.29, 0.717) is 22.9 Å². The number of hydrogen-bond acceptors (Lipinski definition) is 4. The number of fused-ring (bicyclic) bond motifs is 1. The van der Waals surface area contributed by atoms with Crippen molar-refractivity contribution >= 4 is 11.7 Å². The van der Waals surface area contributed by atoms with E-state index in [4.69, 9.17) is 5.11 Å². The summed E-state index contributed by atoms with van der Waals surface area (Å²) < 4.78 is 1.62. The topological polar surface area (TPSA) is 80.4 Å². The molecule has 6 heteroatoms. The number of nitrogens with zero attached hydrogens (tertiary/aromatic N) is 4. The van der Waals surface area contributed by atoms with Gasteiger partial charge in [0, 0.05) is 23.4 Å². The monoisotopic (exact) mass is 234 g/mol. The number of hydrogen-bond donors (Lipinski definition) is 1. The minimum atomic E-state index is -0.867. The Bertz CT molecular complexity index is 589. The molecule has 2 aromatic rings. The van der Waals surface area contributed by atoms with Crippen LogP contribution in [0.15, 0.2) is 0 Å². The second-order valence-corrected chi connectivity index (χ2v) is 3.93. The maximum Gasteiger partial charge on any atom is 0.307 e. The van der Waals surface area contributed by atoms with Crippen molar-refractivity contribution in [2.45, 2.75) is 33.6 Å². The van der Waals surface area contributed by atoms with E-state index in [1.54, 1.807) is 11.4 Å². The molecule has 0 unspecified atom stereocenters. The number of aryl methyl sites for hydroxylation is 3. The summed E-state index contributed by atoms with van der Waals surface area (Å²) in [5.74, 6) is 0.381. The molecule has 0 amide bonds. The largest absolute Gasteiger partial charge is 0.481 e. The lowest BCUT2D eigenvalue weighted by Crippen LogP contribution is -2.10. The number of carbonyl (C=O) groups is 1. The average Bonchev–Trinajstić information content (AvgIpc) is 2.67. The Labute approximate surface area is 98.3 Å². The first-order valence-corrected chi connectivity index (χ1v) is 5.46. The van der Waals surface area contributed by atoms with Gasteiger partial charge in [-0.15, -0.1) is 5.10 Å². The Balaban J connectivity index is 2.65. The van der Waals surface area contributed by atoms with Gasteiger partial charge < -0.3 is 5.11 Å². The molecule has 1 N–H and O–H groups in total. The number of rotatable bonds is 3. The molecular formula is C11H14N4O2. The van der Waals surface area contributed by atoms with E-state index < -0.39 is 5.97 Å². The predicted octanol–water partition coefficient (Wildman–Crippen LogP) is 0.931. The molecule has 2 heterocycles. The molecule has 0 bridgehead atoms. The molecule has 2 rings (SSSR count). The van der Waals surface area contributed by atoms with Gasteiger partial charge in [0.15, 0.2) is 5.82 Å². The van der Waals surface area contributed by atoms with Gasteiger partial charge in [-0.05, 0) is 13.8 Å². The number of aliphatic carboxylic acids is 1. The highest BCUT2D eigenvalue weighted by Gasteiger charge is 2.14. The van der Waals surface area contributed by atoms with Gasteiger partial charge in [-0.2, -0.15) is 4.98 Å². The fourth-order valence-electron chi connectivity index (χ4n) is 1.81. The van der Waals surface area contributed by atoms with Crippen molar-refractivity contribution in [3.05, 3.63) is 22.8 Å². The van der Waals surface area contributed by atoms with E-state index in [9.17, 15) is 4.79 Å². The van der Waals surface area contributed by atoms with E-state index in [2.05, 4.69) is 15.1 Å². The summed E-state index contributed by atoms with van der Waals surface area (Å²) in [7, 11) is 0. The second kappa shape index (κ2) is 4.12. The van der Waals surface area contributed by atoms with Crippen LogP contribution in [0.2, 0.25) is 0 Å². The summed E-state index contributed by atoms with van der Waals surface area (Å²) >= 11 is 0. The van der Waals surface area contributed by atoms with Gasteiger partial charge >= 0.3 is 5.97 Å². The first-order chi connectivity index (χ1) is 8.02. The van der Waals surface area contributed by atoms with Gasteiger partial charge in [-0.25, -0.2) is 9.50 Å². The molecule has 0 aliphatic rings. The van der Waals surface area contributed by atoms with Crippen LogP contribution in [0.4, 0.5) is 0 Å². The molecule has 90 valence electrons. The van der Waals surface area contributed by atoms with Crippen LogP contribution in [0.5, 0.6) is 0 Å². The van der Waals surface area contributed by atoms with Crippen LogP contribution >= 0.6 is 0 Å². The maximum absolute atomic E-state index is 10.8. The van der Waals surface area contributed by atoms with Crippen LogP contribution in [0.25, 0.3) is 5.78 Å². The van der Waals surface area contributed by atoms with Crippen molar-refractivity contribution in [1.29, 1.82) is 0 Å². The van der Waals surface area contributed by atoms with Gasteiger partial charge in [0.25, 0.3) is 5.78 Å². The number of aromatic nitrogens is 4. The zero-order valence-corrected chi connectivity index (χ0v) is 10.1. The Morgan fingerprint density at radius 2 is 2.06 bits per heavy atom. The van der Waals surface area contributed by atoms with Gasteiger partial charge in [0.1, 0.15) is 0 Å². The second-order valence-electron chi connectivity index (χ2n) is 3.93. The van der Waals surface area contributed by atoms with Crippen molar-refractivity contribution < 1.29 is 9.90 Å². The SMILES string of the molecule is CCc1nc2nc(C)c(CC(=O)O)c(C)n2n1. The minimum Gasteiger partial charge on any atom is -0.481 e. The predicted molar refractivity (Wildman–Crippen MR) is 61.0 cm³/mol. The highest BCUT2D eigenvalue weighted by Crippen LogP contribution is 2.14. The summed E-state index contributed by atoms with van der Waals surface area (Å²) in [6.07, 6.45) is 0.692. The maximum atomic E-state index is 10.8. The Kier molecular flexibility index (Phi) is 2.79. The first-order valence-electron chi connectivity index (χ1n) is 5.46. The summed E-state index contributed by atoms with van der Waals surface area (Å²) in [6, 6.07) is 0. The number of carboxylic acid groups (broad SMARTS) is 1. The van der Waals surface area contributed by atoms with E-state index in [1.165, 1.54) is 0 Å². The zero-order valence-electron chi connectivity index (χ0n) is 10.1. The molecule has 0 radical (unpaired) electrons. The van der Waals surface area contributed by atoms with Crippen molar-refractivity contribution in [3.63, 3.8) is 0 Å². The van der Waals surface area contributed by atoms with Crippen LogP contribution in [0, 0.1) is 13.8 Å². The van der Waals surface area contributed by atoms with Gasteiger partial charge in [0.2, 0.25) is 0 Å². The third-order valence-electron chi connectivity index (χ3n) is 2.74. The Morgan fingerprint density at radius 3 is 2.65 bits per heavy atom. The zero-order chi connectivity index (χ0) is 12.6. The van der Waals surface area contributed by atoms with E-state index >= 15 is 0 Å². The van der Waals surface area contributed by atoms with Gasteiger partial charge in [0.05, 0.1) is 6.42 Å². The van der Waals surface area contributed by atoms with E-state index in [0.717, 1.165) is 12.1 Å². The van der Waals surface area contributed by atoms with Crippen molar-refractivity contribution in [2.24, 2.45) is 0 Å². The highest BCUT2D eigenvalue weighted by atomic mass is 16.4. The quantitative estimate of drug-likeness (QED) is 0.854. The molecule has 0 aliphatic heterocycles. The van der Waals surface area contributed by atoms with Crippen LogP contribution < -0.4 is 0 Å². The van der Waals surface area contributed by atoms with Crippen molar-refractivity contribution in [1.82, 2.24) is 19.6 Å². The standard InChI is InChI=1S/C11H14N4O2/c1-4-9-13-11-12-6(2)8(5-10(16)17)7(3)15(11)14-9/h4-5H2,1-3H3,(H,16,17). The van der Waals surface area contributed by atoms with Gasteiger partial charge in [-0.1, -0.05) is 6.92 Å². The van der Waals surface area contributed by atoms with Crippen LogP contribution in [-0.4, -0.2) is 30.7 Å². The molecule has 0 saturated heterocycles. The molecule has 6 nitrogen and oxygen atoms in total. The third-order valence-corrected chi connectivity index (χ3v) is 2.74. The first kappa shape index (κ1) is 11.5. The molecule has 0 aliphatic carbocycles. The molecule has 0 aromatic carbocycles. The molecular weight excluding hydrogens is 220 g/mol. The Hall–Kier alpha value is -1.98. The fourth-order valence-corrected chi connectivity index (χ4v) is 1.81. The third kappa shape index (κ3) is 1.98. The molecule has 2 aromatic heterocycles. The van der Waals surface area contributed by atoms with Crippen LogP contribution in [0.3, 0.4) is 0 Å². The molecule has 0 saturated carbocycles. The molecule has 17 heavy (non-hydrogen) atoms. The van der Waals surface area contributed by atoms with Crippen molar-refractivity contribution in [3.8, 4) is 0 Å². The summed E-state index contributed by atoms with van der Waals surface area (Å²) in [5, 5.41) is 13.2. The molecule has 0 fully saturated rings. The van der Waals surface area contributed by atoms with E-state index in [-0.39, 0.29) is 6.42 Å². The van der Waals surface area contributed by atoms with Gasteiger partial charge in [-0.3, -0.25) is 4.79 Å². The van der Waals surface area contributed by atoms with E-state index in [1.807, 2.05) is 13.8 Å².